The molecule has 0 bridgehead atoms. The van der Waals surface area contributed by atoms with E-state index in [1.165, 1.54) is 6.07 Å². The van der Waals surface area contributed by atoms with Crippen LogP contribution in [0.2, 0.25) is 0 Å². The maximum atomic E-state index is 14.2. The van der Waals surface area contributed by atoms with Gasteiger partial charge in [0.25, 0.3) is 0 Å². The first-order valence-electron chi connectivity index (χ1n) is 7.83. The second-order valence-corrected chi connectivity index (χ2v) is 5.72. The van der Waals surface area contributed by atoms with Crippen LogP contribution in [0.25, 0.3) is 16.9 Å². The van der Waals surface area contributed by atoms with Crippen molar-refractivity contribution in [3.63, 3.8) is 0 Å². The van der Waals surface area contributed by atoms with Crippen molar-refractivity contribution in [3.8, 4) is 17.0 Å². The van der Waals surface area contributed by atoms with Crippen LogP contribution >= 0.6 is 0 Å². The number of imidazole rings is 1. The van der Waals surface area contributed by atoms with Gasteiger partial charge in [0.2, 0.25) is 11.7 Å². The molecule has 124 valence electrons. The quantitative estimate of drug-likeness (QED) is 0.569. The molecule has 25 heavy (non-hydrogen) atoms. The Kier molecular flexibility index (Phi) is 3.85. The average Bonchev–Trinajstić information content (AvgIpc) is 3.03. The minimum atomic E-state index is -0.264. The van der Waals surface area contributed by atoms with Crippen molar-refractivity contribution in [2.45, 2.75) is 13.5 Å². The largest absolute Gasteiger partial charge is 0.471 e. The van der Waals surface area contributed by atoms with Crippen LogP contribution in [0.5, 0.6) is 5.88 Å². The summed E-state index contributed by atoms with van der Waals surface area (Å²) in [6.07, 6.45) is 6.93. The van der Waals surface area contributed by atoms with Gasteiger partial charge >= 0.3 is 0 Å². The van der Waals surface area contributed by atoms with Crippen LogP contribution in [0.1, 0.15) is 11.3 Å². The van der Waals surface area contributed by atoms with Gasteiger partial charge in [-0.15, -0.1) is 0 Å². The van der Waals surface area contributed by atoms with Crippen molar-refractivity contribution < 1.29 is 9.13 Å². The number of hydrogen-bond donors (Lipinski definition) is 0. The number of halogens is 1. The number of benzene rings is 1. The Morgan fingerprint density at radius 2 is 2.04 bits per heavy atom. The van der Waals surface area contributed by atoms with Crippen LogP contribution < -0.4 is 4.74 Å². The highest BCUT2D eigenvalue weighted by atomic mass is 19.1. The van der Waals surface area contributed by atoms with Crippen LogP contribution in [0, 0.1) is 12.7 Å². The molecule has 3 heterocycles. The Morgan fingerprint density at radius 3 is 2.84 bits per heavy atom. The highest BCUT2D eigenvalue weighted by molar-refractivity contribution is 5.63. The molecule has 0 radical (unpaired) electrons. The molecule has 5 nitrogen and oxygen atoms in total. The molecule has 0 saturated carbocycles. The second-order valence-electron chi connectivity index (χ2n) is 5.72. The molecule has 0 amide bonds. The lowest BCUT2D eigenvalue weighted by molar-refractivity contribution is 0.290. The van der Waals surface area contributed by atoms with Gasteiger partial charge in [-0.05, 0) is 24.6 Å². The van der Waals surface area contributed by atoms with Gasteiger partial charge in [-0.3, -0.25) is 4.40 Å². The molecular weight excluding hydrogens is 319 g/mol. The van der Waals surface area contributed by atoms with Crippen LogP contribution in [-0.4, -0.2) is 19.4 Å². The van der Waals surface area contributed by atoms with Crippen molar-refractivity contribution in [1.29, 1.82) is 0 Å². The number of hydrogen-bond acceptors (Lipinski definition) is 4. The molecule has 0 aliphatic rings. The van der Waals surface area contributed by atoms with E-state index in [-0.39, 0.29) is 12.4 Å². The summed E-state index contributed by atoms with van der Waals surface area (Å²) in [5.74, 6) is 0.811. The SMILES string of the molecule is Cc1ccc(-c2cnc3nc(COc4ccccn4)cn3c2)c(F)c1. The lowest BCUT2D eigenvalue weighted by Gasteiger charge is -2.04. The summed E-state index contributed by atoms with van der Waals surface area (Å²) >= 11 is 0. The number of fused-ring (bicyclic) bond motifs is 1. The molecule has 0 N–H and O–H groups in total. The monoisotopic (exact) mass is 334 g/mol. The topological polar surface area (TPSA) is 52.3 Å². The van der Waals surface area contributed by atoms with E-state index >= 15 is 0 Å². The normalized spacial score (nSPS) is 11.0. The van der Waals surface area contributed by atoms with Crippen molar-refractivity contribution in [2.24, 2.45) is 0 Å². The first-order chi connectivity index (χ1) is 12.2. The van der Waals surface area contributed by atoms with Gasteiger partial charge in [0.05, 0.1) is 5.69 Å². The number of nitrogens with zero attached hydrogens (tertiary/aromatic N) is 4. The zero-order chi connectivity index (χ0) is 17.2. The highest BCUT2D eigenvalue weighted by Crippen LogP contribution is 2.23. The Bertz CT molecular complexity index is 1030. The summed E-state index contributed by atoms with van der Waals surface area (Å²) < 4.78 is 21.5. The number of aromatic nitrogens is 4. The molecule has 0 fully saturated rings. The van der Waals surface area contributed by atoms with E-state index in [0.29, 0.717) is 22.8 Å². The smallest absolute Gasteiger partial charge is 0.234 e. The maximum absolute atomic E-state index is 14.2. The fourth-order valence-electron chi connectivity index (χ4n) is 2.58. The number of pyridine rings is 1. The predicted octanol–water partition coefficient (Wildman–Crippen LogP) is 3.82. The maximum Gasteiger partial charge on any atom is 0.234 e. The van der Waals surface area contributed by atoms with Gasteiger partial charge in [0.15, 0.2) is 0 Å². The van der Waals surface area contributed by atoms with E-state index in [9.17, 15) is 4.39 Å². The third-order valence-corrected chi connectivity index (χ3v) is 3.80. The minimum Gasteiger partial charge on any atom is -0.471 e. The summed E-state index contributed by atoms with van der Waals surface area (Å²) in [5, 5.41) is 0. The molecule has 0 saturated heterocycles. The Morgan fingerprint density at radius 1 is 1.12 bits per heavy atom. The van der Waals surface area contributed by atoms with Gasteiger partial charge in [-0.2, -0.15) is 0 Å². The van der Waals surface area contributed by atoms with Crippen LogP contribution in [-0.2, 0) is 6.61 Å². The van der Waals surface area contributed by atoms with Crippen molar-refractivity contribution in [2.75, 3.05) is 0 Å². The van der Waals surface area contributed by atoms with E-state index in [2.05, 4.69) is 15.0 Å². The lowest BCUT2D eigenvalue weighted by Crippen LogP contribution is -1.96. The first-order valence-corrected chi connectivity index (χ1v) is 7.83. The summed E-state index contributed by atoms with van der Waals surface area (Å²) in [7, 11) is 0. The molecule has 0 aliphatic carbocycles. The lowest BCUT2D eigenvalue weighted by atomic mass is 10.1. The van der Waals surface area contributed by atoms with E-state index in [4.69, 9.17) is 4.74 Å². The Hall–Kier alpha value is -3.28. The van der Waals surface area contributed by atoms with Gasteiger partial charge in [-0.1, -0.05) is 18.2 Å². The highest BCUT2D eigenvalue weighted by Gasteiger charge is 2.09. The first kappa shape index (κ1) is 15.3. The van der Waals surface area contributed by atoms with Crippen molar-refractivity contribution >= 4 is 5.78 Å². The van der Waals surface area contributed by atoms with Gasteiger partial charge in [-0.25, -0.2) is 19.3 Å². The summed E-state index contributed by atoms with van der Waals surface area (Å²) in [5.41, 5.74) is 2.81. The standard InChI is InChI=1S/C19H15FN4O/c1-13-5-6-16(17(20)8-13)14-9-22-19-23-15(11-24(19)10-14)12-25-18-4-2-3-7-21-18/h2-11H,12H2,1H3. The summed E-state index contributed by atoms with van der Waals surface area (Å²) in [6.45, 7) is 2.15. The second kappa shape index (κ2) is 6.32. The Balaban J connectivity index is 1.61. The molecule has 4 aromatic rings. The van der Waals surface area contributed by atoms with Crippen LogP contribution in [0.3, 0.4) is 0 Å². The van der Waals surface area contributed by atoms with Gasteiger partial charge < -0.3 is 4.74 Å². The molecule has 6 heteroatoms. The van der Waals surface area contributed by atoms with E-state index in [1.54, 1.807) is 28.9 Å². The molecule has 0 spiro atoms. The van der Waals surface area contributed by atoms with E-state index in [0.717, 1.165) is 11.3 Å². The number of aryl methyl sites for hydroxylation is 1. The molecule has 1 aromatic carbocycles. The number of rotatable bonds is 4. The fourth-order valence-corrected chi connectivity index (χ4v) is 2.58. The predicted molar refractivity (Wildman–Crippen MR) is 91.7 cm³/mol. The Labute approximate surface area is 143 Å². The van der Waals surface area contributed by atoms with Crippen LogP contribution in [0.4, 0.5) is 4.39 Å². The van der Waals surface area contributed by atoms with Crippen molar-refractivity contribution in [1.82, 2.24) is 19.4 Å². The summed E-state index contributed by atoms with van der Waals surface area (Å²) in [4.78, 5) is 12.8. The molecule has 4 rings (SSSR count). The molecular formula is C19H15FN4O. The third kappa shape index (κ3) is 3.19. The molecule has 0 aliphatic heterocycles. The van der Waals surface area contributed by atoms with Gasteiger partial charge in [0, 0.05) is 42.0 Å². The molecule has 3 aromatic heterocycles. The van der Waals surface area contributed by atoms with E-state index in [1.807, 2.05) is 37.5 Å². The molecule has 0 unspecified atom stereocenters. The average molecular weight is 334 g/mol. The fraction of sp³-hybridized carbons (Fsp3) is 0.105. The zero-order valence-corrected chi connectivity index (χ0v) is 13.6. The minimum absolute atomic E-state index is 0.264. The molecule has 0 atom stereocenters. The zero-order valence-electron chi connectivity index (χ0n) is 13.6. The van der Waals surface area contributed by atoms with E-state index < -0.39 is 0 Å². The third-order valence-electron chi connectivity index (χ3n) is 3.80. The van der Waals surface area contributed by atoms with Gasteiger partial charge in [0.1, 0.15) is 12.4 Å². The van der Waals surface area contributed by atoms with Crippen molar-refractivity contribution in [3.05, 3.63) is 78.3 Å². The summed E-state index contributed by atoms with van der Waals surface area (Å²) in [6, 6.07) is 10.6. The number of ether oxygens (including phenoxy) is 1. The van der Waals surface area contributed by atoms with Crippen LogP contribution in [0.15, 0.2) is 61.2 Å².